The van der Waals surface area contributed by atoms with E-state index in [9.17, 15) is 4.39 Å². The van der Waals surface area contributed by atoms with Crippen molar-refractivity contribution in [1.82, 2.24) is 4.98 Å². The maximum atomic E-state index is 13.8. The minimum absolute atomic E-state index is 0.317. The molecule has 100 valence electrons. The van der Waals surface area contributed by atoms with Gasteiger partial charge in [0.2, 0.25) is 0 Å². The second-order valence-electron chi connectivity index (χ2n) is 4.14. The van der Waals surface area contributed by atoms with Crippen LogP contribution in [-0.4, -0.2) is 4.98 Å². The number of thiazole rings is 1. The van der Waals surface area contributed by atoms with Crippen LogP contribution >= 0.6 is 38.9 Å². The van der Waals surface area contributed by atoms with Crippen molar-refractivity contribution in [3.8, 4) is 21.8 Å². The molecule has 0 saturated heterocycles. The summed E-state index contributed by atoms with van der Waals surface area (Å²) in [6.45, 7) is 0. The molecule has 0 bridgehead atoms. The standard InChI is InChI=1S/C15H8BrClFNS/c16-12-4-2-1-3-10(12)14-8-20-15(19-14)11-7-9(17)5-6-13(11)18/h1-8H. The smallest absolute Gasteiger partial charge is 0.133 e. The molecule has 1 aromatic heterocycles. The lowest BCUT2D eigenvalue weighted by Crippen LogP contribution is -1.84. The van der Waals surface area contributed by atoms with E-state index in [1.165, 1.54) is 23.5 Å². The first kappa shape index (κ1) is 13.7. The van der Waals surface area contributed by atoms with Crippen LogP contribution in [0.5, 0.6) is 0 Å². The fourth-order valence-corrected chi connectivity index (χ4v) is 3.35. The van der Waals surface area contributed by atoms with Crippen LogP contribution in [0.15, 0.2) is 52.3 Å². The fourth-order valence-electron chi connectivity index (χ4n) is 1.85. The molecule has 0 N–H and O–H groups in total. The Morgan fingerprint density at radius 3 is 2.70 bits per heavy atom. The molecule has 3 rings (SSSR count). The minimum atomic E-state index is -0.317. The highest BCUT2D eigenvalue weighted by Crippen LogP contribution is 2.34. The summed E-state index contributed by atoms with van der Waals surface area (Å²) in [6, 6.07) is 12.3. The number of aromatic nitrogens is 1. The van der Waals surface area contributed by atoms with Crippen molar-refractivity contribution >= 4 is 38.9 Å². The van der Waals surface area contributed by atoms with Gasteiger partial charge in [-0.15, -0.1) is 11.3 Å². The lowest BCUT2D eigenvalue weighted by atomic mass is 10.2. The molecule has 0 aliphatic heterocycles. The Morgan fingerprint density at radius 2 is 1.90 bits per heavy atom. The molecule has 0 unspecified atom stereocenters. The van der Waals surface area contributed by atoms with Crippen molar-refractivity contribution in [2.75, 3.05) is 0 Å². The lowest BCUT2D eigenvalue weighted by molar-refractivity contribution is 0.631. The molecule has 0 spiro atoms. The van der Waals surface area contributed by atoms with Gasteiger partial charge >= 0.3 is 0 Å². The largest absolute Gasteiger partial charge is 0.236 e. The van der Waals surface area contributed by atoms with Crippen LogP contribution in [0.2, 0.25) is 5.02 Å². The number of benzene rings is 2. The van der Waals surface area contributed by atoms with E-state index in [0.29, 0.717) is 15.6 Å². The first-order valence-electron chi connectivity index (χ1n) is 5.81. The summed E-state index contributed by atoms with van der Waals surface area (Å²) in [5.74, 6) is -0.317. The third-order valence-corrected chi connectivity index (χ3v) is 4.61. The first-order chi connectivity index (χ1) is 9.65. The van der Waals surface area contributed by atoms with Gasteiger partial charge in [0.1, 0.15) is 10.8 Å². The van der Waals surface area contributed by atoms with Crippen molar-refractivity contribution < 1.29 is 4.39 Å². The molecule has 2 aromatic carbocycles. The Hall–Kier alpha value is -1.23. The third kappa shape index (κ3) is 2.64. The summed E-state index contributed by atoms with van der Waals surface area (Å²) in [5, 5.41) is 3.03. The van der Waals surface area contributed by atoms with E-state index < -0.39 is 0 Å². The number of nitrogens with zero attached hydrogens (tertiary/aromatic N) is 1. The zero-order valence-corrected chi connectivity index (χ0v) is 13.3. The highest BCUT2D eigenvalue weighted by atomic mass is 79.9. The summed E-state index contributed by atoms with van der Waals surface area (Å²) in [5.41, 5.74) is 2.23. The highest BCUT2D eigenvalue weighted by molar-refractivity contribution is 9.10. The average Bonchev–Trinajstić information content (AvgIpc) is 2.91. The molecule has 0 fully saturated rings. The van der Waals surface area contributed by atoms with E-state index in [0.717, 1.165) is 15.7 Å². The van der Waals surface area contributed by atoms with Crippen LogP contribution in [0.1, 0.15) is 0 Å². The summed E-state index contributed by atoms with van der Waals surface area (Å²) < 4.78 is 14.8. The molecule has 0 amide bonds. The Kier molecular flexibility index (Phi) is 3.87. The van der Waals surface area contributed by atoms with E-state index in [-0.39, 0.29) is 5.82 Å². The topological polar surface area (TPSA) is 12.9 Å². The SMILES string of the molecule is Fc1ccc(Cl)cc1-c1nc(-c2ccccc2Br)cs1. The second kappa shape index (κ2) is 5.64. The quantitative estimate of drug-likeness (QED) is 0.538. The predicted octanol–water partition coefficient (Wildman–Crippen LogP) is 6.03. The van der Waals surface area contributed by atoms with Gasteiger partial charge < -0.3 is 0 Å². The van der Waals surface area contributed by atoms with Gasteiger partial charge in [-0.05, 0) is 24.3 Å². The zero-order valence-electron chi connectivity index (χ0n) is 10.1. The van der Waals surface area contributed by atoms with Crippen LogP contribution in [0, 0.1) is 5.82 Å². The Labute approximate surface area is 133 Å². The fraction of sp³-hybridized carbons (Fsp3) is 0. The third-order valence-electron chi connectivity index (χ3n) is 2.81. The van der Waals surface area contributed by atoms with Crippen LogP contribution in [0.25, 0.3) is 21.8 Å². The van der Waals surface area contributed by atoms with Gasteiger partial charge in [0.25, 0.3) is 0 Å². The lowest BCUT2D eigenvalue weighted by Gasteiger charge is -2.01. The number of rotatable bonds is 2. The Balaban J connectivity index is 2.07. The van der Waals surface area contributed by atoms with E-state index >= 15 is 0 Å². The van der Waals surface area contributed by atoms with Crippen molar-refractivity contribution in [2.45, 2.75) is 0 Å². The average molecular weight is 369 g/mol. The maximum Gasteiger partial charge on any atom is 0.133 e. The maximum absolute atomic E-state index is 13.8. The van der Waals surface area contributed by atoms with Crippen LogP contribution < -0.4 is 0 Å². The molecule has 0 saturated carbocycles. The monoisotopic (exact) mass is 367 g/mol. The van der Waals surface area contributed by atoms with Gasteiger partial charge in [0.15, 0.2) is 0 Å². The van der Waals surface area contributed by atoms with Crippen molar-refractivity contribution in [2.24, 2.45) is 0 Å². The van der Waals surface area contributed by atoms with E-state index in [1.807, 2.05) is 29.6 Å². The summed E-state index contributed by atoms with van der Waals surface area (Å²) >= 11 is 10.8. The van der Waals surface area contributed by atoms with Gasteiger partial charge in [0, 0.05) is 26.0 Å². The van der Waals surface area contributed by atoms with Gasteiger partial charge in [0.05, 0.1) is 5.69 Å². The predicted molar refractivity (Wildman–Crippen MR) is 85.7 cm³/mol. The van der Waals surface area contributed by atoms with Crippen LogP contribution in [0.4, 0.5) is 4.39 Å². The van der Waals surface area contributed by atoms with Crippen molar-refractivity contribution in [1.29, 1.82) is 0 Å². The molecule has 1 heterocycles. The van der Waals surface area contributed by atoms with Gasteiger partial charge in [-0.25, -0.2) is 9.37 Å². The zero-order chi connectivity index (χ0) is 14.1. The molecular formula is C15H8BrClFNS. The minimum Gasteiger partial charge on any atom is -0.236 e. The number of hydrogen-bond donors (Lipinski definition) is 0. The molecule has 0 radical (unpaired) electrons. The van der Waals surface area contributed by atoms with Gasteiger partial charge in [-0.1, -0.05) is 45.7 Å². The molecule has 5 heteroatoms. The second-order valence-corrected chi connectivity index (χ2v) is 6.29. The van der Waals surface area contributed by atoms with Crippen molar-refractivity contribution in [3.05, 3.63) is 63.2 Å². The molecule has 1 nitrogen and oxygen atoms in total. The first-order valence-corrected chi connectivity index (χ1v) is 7.86. The van der Waals surface area contributed by atoms with Gasteiger partial charge in [-0.3, -0.25) is 0 Å². The molecule has 20 heavy (non-hydrogen) atoms. The van der Waals surface area contributed by atoms with E-state index in [2.05, 4.69) is 20.9 Å². The van der Waals surface area contributed by atoms with Crippen LogP contribution in [-0.2, 0) is 0 Å². The highest BCUT2D eigenvalue weighted by Gasteiger charge is 2.12. The van der Waals surface area contributed by atoms with E-state index in [1.54, 1.807) is 6.07 Å². The summed E-state index contributed by atoms with van der Waals surface area (Å²) in [4.78, 5) is 4.50. The normalized spacial score (nSPS) is 10.8. The Morgan fingerprint density at radius 1 is 1.10 bits per heavy atom. The molecule has 0 aliphatic carbocycles. The number of halogens is 3. The Bertz CT molecular complexity index is 772. The molecular weight excluding hydrogens is 361 g/mol. The molecule has 0 atom stereocenters. The number of hydrogen-bond acceptors (Lipinski definition) is 2. The summed E-state index contributed by atoms with van der Waals surface area (Å²) in [6.07, 6.45) is 0. The molecule has 0 aliphatic rings. The van der Waals surface area contributed by atoms with Crippen LogP contribution in [0.3, 0.4) is 0 Å². The van der Waals surface area contributed by atoms with E-state index in [4.69, 9.17) is 11.6 Å². The summed E-state index contributed by atoms with van der Waals surface area (Å²) in [7, 11) is 0. The molecule has 3 aromatic rings. The van der Waals surface area contributed by atoms with Gasteiger partial charge in [-0.2, -0.15) is 0 Å². The van der Waals surface area contributed by atoms with Crippen molar-refractivity contribution in [3.63, 3.8) is 0 Å².